The molecule has 172 valence electrons. The second kappa shape index (κ2) is 10.5. The highest BCUT2D eigenvalue weighted by atomic mass is 16.5. The van der Waals surface area contributed by atoms with Gasteiger partial charge in [0.25, 0.3) is 0 Å². The summed E-state index contributed by atoms with van der Waals surface area (Å²) in [6.07, 6.45) is 8.08. The number of aliphatic imine (C=N–C) groups is 1. The van der Waals surface area contributed by atoms with Gasteiger partial charge in [0.05, 0.1) is 29.8 Å². The number of ether oxygens (including phenoxy) is 1. The van der Waals surface area contributed by atoms with Gasteiger partial charge in [0, 0.05) is 32.0 Å². The van der Waals surface area contributed by atoms with Gasteiger partial charge in [-0.15, -0.1) is 0 Å². The van der Waals surface area contributed by atoms with Crippen molar-refractivity contribution in [3.63, 3.8) is 0 Å². The van der Waals surface area contributed by atoms with Crippen LogP contribution in [0.4, 0.5) is 5.95 Å². The molecule has 2 unspecified atom stereocenters. The number of aromatic nitrogens is 2. The molecule has 0 amide bonds. The van der Waals surface area contributed by atoms with Crippen molar-refractivity contribution in [2.45, 2.75) is 32.6 Å². The van der Waals surface area contributed by atoms with Crippen molar-refractivity contribution in [2.75, 3.05) is 26.8 Å². The molecule has 2 aromatic rings. The van der Waals surface area contributed by atoms with E-state index in [-0.39, 0.29) is 6.61 Å². The van der Waals surface area contributed by atoms with Crippen LogP contribution in [-0.4, -0.2) is 58.8 Å². The van der Waals surface area contributed by atoms with Crippen LogP contribution in [0.25, 0.3) is 11.3 Å². The lowest BCUT2D eigenvalue weighted by molar-refractivity contribution is 0.180. The number of aliphatic hydroxyl groups is 1. The molecular weight excluding hydrogens is 416 g/mol. The Kier molecular flexibility index (Phi) is 7.30. The molecule has 0 aliphatic heterocycles. The van der Waals surface area contributed by atoms with Crippen LogP contribution in [0.15, 0.2) is 40.6 Å². The van der Waals surface area contributed by atoms with E-state index in [9.17, 15) is 5.26 Å². The van der Waals surface area contributed by atoms with E-state index in [0.29, 0.717) is 53.0 Å². The fraction of sp³-hybridized carbons (Fsp3) is 0.480. The SMILES string of the molecule is CC(C=NN(C)CC1CC1CO)=Nc1nccc(-c2ccc(OCC3CCC3)c(C#N)c2)n1. The molecule has 1 heterocycles. The topological polar surface area (TPSA) is 107 Å². The second-order valence-electron chi connectivity index (χ2n) is 8.95. The van der Waals surface area contributed by atoms with E-state index in [1.807, 2.05) is 31.1 Å². The van der Waals surface area contributed by atoms with Gasteiger partial charge in [-0.2, -0.15) is 10.4 Å². The minimum atomic E-state index is 0.252. The molecule has 2 aliphatic rings. The molecule has 1 aromatic heterocycles. The summed E-state index contributed by atoms with van der Waals surface area (Å²) >= 11 is 0. The predicted molar refractivity (Wildman–Crippen MR) is 128 cm³/mol. The normalized spacial score (nSPS) is 20.4. The molecule has 0 bridgehead atoms. The fourth-order valence-electron chi connectivity index (χ4n) is 3.85. The van der Waals surface area contributed by atoms with Gasteiger partial charge in [-0.1, -0.05) is 6.42 Å². The van der Waals surface area contributed by atoms with Gasteiger partial charge in [-0.3, -0.25) is 5.01 Å². The molecule has 2 aliphatic carbocycles. The van der Waals surface area contributed by atoms with Crippen molar-refractivity contribution < 1.29 is 9.84 Å². The minimum absolute atomic E-state index is 0.252. The Morgan fingerprint density at radius 3 is 2.88 bits per heavy atom. The van der Waals surface area contributed by atoms with E-state index in [1.54, 1.807) is 24.5 Å². The van der Waals surface area contributed by atoms with Crippen molar-refractivity contribution in [3.05, 3.63) is 36.0 Å². The van der Waals surface area contributed by atoms with Crippen molar-refractivity contribution in [2.24, 2.45) is 27.8 Å². The monoisotopic (exact) mass is 446 g/mol. The van der Waals surface area contributed by atoms with Crippen LogP contribution >= 0.6 is 0 Å². The molecule has 33 heavy (non-hydrogen) atoms. The summed E-state index contributed by atoms with van der Waals surface area (Å²) in [7, 11) is 1.92. The summed E-state index contributed by atoms with van der Waals surface area (Å²) in [5.74, 6) is 2.50. The Balaban J connectivity index is 1.41. The first-order valence-electron chi connectivity index (χ1n) is 11.5. The maximum Gasteiger partial charge on any atom is 0.250 e. The van der Waals surface area contributed by atoms with Crippen molar-refractivity contribution >= 4 is 17.9 Å². The van der Waals surface area contributed by atoms with E-state index >= 15 is 0 Å². The molecule has 8 nitrogen and oxygen atoms in total. The predicted octanol–water partition coefficient (Wildman–Crippen LogP) is 3.83. The maximum atomic E-state index is 9.58. The third-order valence-corrected chi connectivity index (χ3v) is 6.26. The largest absolute Gasteiger partial charge is 0.492 e. The molecule has 2 saturated carbocycles. The van der Waals surface area contributed by atoms with E-state index in [2.05, 4.69) is 26.1 Å². The lowest BCUT2D eigenvalue weighted by atomic mass is 9.86. The lowest BCUT2D eigenvalue weighted by Crippen LogP contribution is -2.19. The molecular formula is C25H30N6O2. The summed E-state index contributed by atoms with van der Waals surface area (Å²) in [4.78, 5) is 13.2. The quantitative estimate of drug-likeness (QED) is 0.439. The zero-order chi connectivity index (χ0) is 23.2. The van der Waals surface area contributed by atoms with E-state index in [1.165, 1.54) is 19.3 Å². The van der Waals surface area contributed by atoms with Gasteiger partial charge in [0.15, 0.2) is 0 Å². The maximum absolute atomic E-state index is 9.58. The average molecular weight is 447 g/mol. The Labute approximate surface area is 194 Å². The summed E-state index contributed by atoms with van der Waals surface area (Å²) in [5.41, 5.74) is 2.69. The van der Waals surface area contributed by atoms with Gasteiger partial charge >= 0.3 is 0 Å². The third kappa shape index (κ3) is 6.14. The van der Waals surface area contributed by atoms with Gasteiger partial charge in [0.2, 0.25) is 5.95 Å². The first kappa shape index (κ1) is 22.9. The molecule has 2 fully saturated rings. The minimum Gasteiger partial charge on any atom is -0.492 e. The third-order valence-electron chi connectivity index (χ3n) is 6.26. The molecule has 1 N–H and O–H groups in total. The van der Waals surface area contributed by atoms with Gasteiger partial charge in [-0.05, 0) is 68.2 Å². The summed E-state index contributed by atoms with van der Waals surface area (Å²) in [6, 6.07) is 9.58. The number of hydrogen-bond acceptors (Lipinski definition) is 8. The van der Waals surface area contributed by atoms with E-state index in [0.717, 1.165) is 18.5 Å². The smallest absolute Gasteiger partial charge is 0.250 e. The Hall–Kier alpha value is -3.31. The van der Waals surface area contributed by atoms with Crippen molar-refractivity contribution in [1.82, 2.24) is 15.0 Å². The standard InChI is InChI=1S/C25H30N6O2/c1-17(13-28-31(2)14-21-11-22(21)15-32)29-25-27-9-8-23(30-25)19-6-7-24(20(10-19)12-26)33-16-18-4-3-5-18/h6-10,13,18,21-22,32H,3-5,11,14-16H2,1-2H3. The van der Waals surface area contributed by atoms with Gasteiger partial charge in [0.1, 0.15) is 11.8 Å². The second-order valence-corrected chi connectivity index (χ2v) is 8.95. The van der Waals surface area contributed by atoms with Crippen molar-refractivity contribution in [3.8, 4) is 23.1 Å². The molecule has 0 radical (unpaired) electrons. The number of hydrogen-bond donors (Lipinski definition) is 1. The molecule has 8 heteroatoms. The number of rotatable bonds is 10. The van der Waals surface area contributed by atoms with Crippen LogP contribution in [0.1, 0.15) is 38.2 Å². The number of benzene rings is 1. The van der Waals surface area contributed by atoms with Gasteiger partial charge in [-0.25, -0.2) is 15.0 Å². The van der Waals surface area contributed by atoms with E-state index < -0.39 is 0 Å². The molecule has 2 atom stereocenters. The highest BCUT2D eigenvalue weighted by Gasteiger charge is 2.36. The zero-order valence-corrected chi connectivity index (χ0v) is 19.2. The highest BCUT2D eigenvalue weighted by molar-refractivity contribution is 6.29. The summed E-state index contributed by atoms with van der Waals surface area (Å²) in [5, 5.41) is 25.0. The molecule has 4 rings (SSSR count). The zero-order valence-electron chi connectivity index (χ0n) is 19.2. The number of nitriles is 1. The first-order chi connectivity index (χ1) is 16.1. The number of nitrogens with zero attached hydrogens (tertiary/aromatic N) is 6. The van der Waals surface area contributed by atoms with Crippen LogP contribution in [0.5, 0.6) is 5.75 Å². The average Bonchev–Trinajstić information content (AvgIpc) is 3.55. The van der Waals surface area contributed by atoms with Crippen LogP contribution in [0.2, 0.25) is 0 Å². The fourth-order valence-corrected chi connectivity index (χ4v) is 3.85. The van der Waals surface area contributed by atoms with Crippen LogP contribution in [-0.2, 0) is 0 Å². The van der Waals surface area contributed by atoms with Crippen LogP contribution in [0.3, 0.4) is 0 Å². The first-order valence-corrected chi connectivity index (χ1v) is 11.5. The summed E-state index contributed by atoms with van der Waals surface area (Å²) < 4.78 is 5.88. The lowest BCUT2D eigenvalue weighted by Gasteiger charge is -2.25. The number of hydrazone groups is 1. The van der Waals surface area contributed by atoms with E-state index in [4.69, 9.17) is 9.84 Å². The summed E-state index contributed by atoms with van der Waals surface area (Å²) in [6.45, 7) is 3.59. The Morgan fingerprint density at radius 1 is 1.33 bits per heavy atom. The van der Waals surface area contributed by atoms with Crippen LogP contribution < -0.4 is 4.74 Å². The molecule has 0 saturated heterocycles. The van der Waals surface area contributed by atoms with Crippen molar-refractivity contribution in [1.29, 1.82) is 5.26 Å². The van der Waals surface area contributed by atoms with Gasteiger partial charge < -0.3 is 9.84 Å². The Bertz CT molecular complexity index is 1070. The molecule has 0 spiro atoms. The highest BCUT2D eigenvalue weighted by Crippen LogP contribution is 2.38. The Morgan fingerprint density at radius 2 is 2.18 bits per heavy atom. The van der Waals surface area contributed by atoms with Crippen LogP contribution in [0, 0.1) is 29.1 Å². The number of aliphatic hydroxyl groups excluding tert-OH is 1. The molecule has 1 aromatic carbocycles.